The summed E-state index contributed by atoms with van der Waals surface area (Å²) >= 11 is 0. The van der Waals surface area contributed by atoms with Crippen LogP contribution in [0.15, 0.2) is 48.1 Å². The van der Waals surface area contributed by atoms with Crippen molar-refractivity contribution in [1.29, 1.82) is 0 Å². The summed E-state index contributed by atoms with van der Waals surface area (Å²) < 4.78 is 11.2. The molecule has 1 heterocycles. The van der Waals surface area contributed by atoms with Crippen LogP contribution in [0, 0.1) is 0 Å². The Balaban J connectivity index is 2.02. The minimum Gasteiger partial charge on any atom is -0.486 e. The van der Waals surface area contributed by atoms with E-state index >= 15 is 0 Å². The predicted octanol–water partition coefficient (Wildman–Crippen LogP) is 0.750. The molecule has 168 valence electrons. The summed E-state index contributed by atoms with van der Waals surface area (Å²) in [6.07, 6.45) is 3.82. The lowest BCUT2D eigenvalue weighted by Gasteiger charge is -2.40. The van der Waals surface area contributed by atoms with Crippen LogP contribution in [0.1, 0.15) is 24.8 Å². The molecule has 0 saturated heterocycles. The molecule has 1 aliphatic carbocycles. The van der Waals surface area contributed by atoms with Crippen LogP contribution in [0.25, 0.3) is 0 Å². The van der Waals surface area contributed by atoms with Crippen molar-refractivity contribution in [2.75, 3.05) is 33.4 Å². The van der Waals surface area contributed by atoms with Gasteiger partial charge in [-0.2, -0.15) is 0 Å². The van der Waals surface area contributed by atoms with Crippen LogP contribution in [-0.2, 0) is 14.3 Å². The fourth-order valence-corrected chi connectivity index (χ4v) is 4.10. The van der Waals surface area contributed by atoms with Crippen LogP contribution in [0.5, 0.6) is 5.75 Å². The van der Waals surface area contributed by atoms with Crippen LogP contribution >= 0.6 is 0 Å². The van der Waals surface area contributed by atoms with Gasteiger partial charge in [0.15, 0.2) is 0 Å². The van der Waals surface area contributed by atoms with Crippen LogP contribution < -0.4 is 10.1 Å². The summed E-state index contributed by atoms with van der Waals surface area (Å²) in [5, 5.41) is 23.0. The molecule has 2 amide bonds. The second-order valence-corrected chi connectivity index (χ2v) is 7.52. The Morgan fingerprint density at radius 3 is 2.81 bits per heavy atom. The molecule has 2 aliphatic rings. The highest BCUT2D eigenvalue weighted by Gasteiger charge is 2.50. The average molecular weight is 431 g/mol. The summed E-state index contributed by atoms with van der Waals surface area (Å²) in [6.45, 7) is 2.37. The maximum absolute atomic E-state index is 13.0. The number of allylic oxidation sites excluding steroid dienone is 1. The zero-order valence-corrected chi connectivity index (χ0v) is 17.9. The second kappa shape index (κ2) is 10.6. The first kappa shape index (κ1) is 23.0. The van der Waals surface area contributed by atoms with E-state index in [0.29, 0.717) is 17.7 Å². The van der Waals surface area contributed by atoms with Crippen molar-refractivity contribution in [1.82, 2.24) is 10.2 Å². The van der Waals surface area contributed by atoms with Gasteiger partial charge in [-0.05, 0) is 24.6 Å². The number of rotatable bonds is 9. The van der Waals surface area contributed by atoms with E-state index in [1.54, 1.807) is 18.2 Å². The van der Waals surface area contributed by atoms with Gasteiger partial charge < -0.3 is 29.9 Å². The van der Waals surface area contributed by atoms with Crippen LogP contribution in [0.3, 0.4) is 0 Å². The number of methoxy groups -OCH3 is 1. The maximum atomic E-state index is 13.0. The highest BCUT2D eigenvalue weighted by atomic mass is 16.5. The summed E-state index contributed by atoms with van der Waals surface area (Å²) in [5.41, 5.74) is 1.23. The minimum atomic E-state index is -1.04. The number of carbonyl (C=O) groups excluding carboxylic acids is 2. The summed E-state index contributed by atoms with van der Waals surface area (Å²) in [6, 6.07) is 6.60. The van der Waals surface area contributed by atoms with Gasteiger partial charge >= 0.3 is 0 Å². The van der Waals surface area contributed by atoms with Gasteiger partial charge in [0, 0.05) is 31.3 Å². The highest BCUT2D eigenvalue weighted by molar-refractivity contribution is 5.96. The van der Waals surface area contributed by atoms with Crippen molar-refractivity contribution >= 4 is 11.8 Å². The van der Waals surface area contributed by atoms with Crippen LogP contribution in [0.4, 0.5) is 0 Å². The maximum Gasteiger partial charge on any atom is 0.247 e. The van der Waals surface area contributed by atoms with Gasteiger partial charge in [-0.25, -0.2) is 0 Å². The van der Waals surface area contributed by atoms with Crippen molar-refractivity contribution in [2.45, 2.75) is 37.5 Å². The standard InChI is InChI=1S/C23H30N2O6/c1-3-4-9-19(27)25(11-13-30-2)17-14-16(23(29)24-10-12-26)20-15-7-5-6-8-18(15)31-22(20)21(17)28/h4-9,14,17,20-22,26,28H,3,10-13H2,1-2H3,(H,24,29)/t17-,20+,21+,22+/m1/s1. The second-order valence-electron chi connectivity index (χ2n) is 7.52. The molecule has 4 atom stereocenters. The molecule has 0 aromatic heterocycles. The molecule has 0 saturated carbocycles. The number of aliphatic hydroxyl groups excluding tert-OH is 2. The number of aliphatic hydroxyl groups is 2. The zero-order chi connectivity index (χ0) is 22.4. The Morgan fingerprint density at radius 1 is 1.32 bits per heavy atom. The van der Waals surface area contributed by atoms with Crippen molar-refractivity contribution < 1.29 is 29.3 Å². The summed E-state index contributed by atoms with van der Waals surface area (Å²) in [5.74, 6) is -0.488. The lowest BCUT2D eigenvalue weighted by Crippen LogP contribution is -2.56. The predicted molar refractivity (Wildman–Crippen MR) is 115 cm³/mol. The third-order valence-corrected chi connectivity index (χ3v) is 5.55. The van der Waals surface area contributed by atoms with Gasteiger partial charge in [0.2, 0.25) is 11.8 Å². The lowest BCUT2D eigenvalue weighted by molar-refractivity contribution is -0.133. The molecule has 1 aromatic carbocycles. The Kier molecular flexibility index (Phi) is 7.84. The van der Waals surface area contributed by atoms with E-state index in [4.69, 9.17) is 14.6 Å². The number of nitrogens with one attached hydrogen (secondary N) is 1. The summed E-state index contributed by atoms with van der Waals surface area (Å²) in [4.78, 5) is 27.4. The van der Waals surface area contributed by atoms with Crippen LogP contribution in [-0.4, -0.2) is 78.6 Å². The number of carbonyl (C=O) groups is 2. The molecule has 31 heavy (non-hydrogen) atoms. The molecule has 0 radical (unpaired) electrons. The van der Waals surface area contributed by atoms with Gasteiger partial charge in [-0.3, -0.25) is 9.59 Å². The third kappa shape index (κ3) is 4.81. The first-order chi connectivity index (χ1) is 15.0. The Morgan fingerprint density at radius 2 is 2.10 bits per heavy atom. The molecule has 3 rings (SSSR count). The first-order valence-electron chi connectivity index (χ1n) is 10.5. The van der Waals surface area contributed by atoms with E-state index in [9.17, 15) is 14.7 Å². The fourth-order valence-electron chi connectivity index (χ4n) is 4.10. The van der Waals surface area contributed by atoms with E-state index in [-0.39, 0.29) is 38.1 Å². The van der Waals surface area contributed by atoms with Crippen molar-refractivity contribution in [2.24, 2.45) is 0 Å². The zero-order valence-electron chi connectivity index (χ0n) is 17.9. The molecule has 8 nitrogen and oxygen atoms in total. The summed E-state index contributed by atoms with van der Waals surface area (Å²) in [7, 11) is 1.54. The molecule has 1 aromatic rings. The normalized spacial score (nSPS) is 24.2. The van der Waals surface area contributed by atoms with Gasteiger partial charge in [0.05, 0.1) is 25.2 Å². The molecule has 3 N–H and O–H groups in total. The molecule has 0 spiro atoms. The average Bonchev–Trinajstić information content (AvgIpc) is 3.17. The number of hydrogen-bond acceptors (Lipinski definition) is 6. The van der Waals surface area contributed by atoms with Gasteiger partial charge in [0.25, 0.3) is 0 Å². The number of para-hydroxylation sites is 1. The molecular weight excluding hydrogens is 400 g/mol. The molecule has 0 bridgehead atoms. The fraction of sp³-hybridized carbons (Fsp3) is 0.478. The SMILES string of the molecule is CCC=CC(=O)N(CCOC)[C@@H]1C=C(C(=O)NCCO)[C@@H]2c3ccccc3O[C@@H]2[C@H]1O. The Labute approximate surface area is 182 Å². The van der Waals surface area contributed by atoms with Gasteiger partial charge in [-0.15, -0.1) is 0 Å². The van der Waals surface area contributed by atoms with Crippen molar-refractivity contribution in [3.63, 3.8) is 0 Å². The molecule has 8 heteroatoms. The van der Waals surface area contributed by atoms with E-state index in [1.807, 2.05) is 25.1 Å². The minimum absolute atomic E-state index is 0.106. The topological polar surface area (TPSA) is 108 Å². The monoisotopic (exact) mass is 430 g/mol. The third-order valence-electron chi connectivity index (χ3n) is 5.55. The Hall–Kier alpha value is -2.68. The molecule has 0 fully saturated rings. The molecule has 1 aliphatic heterocycles. The van der Waals surface area contributed by atoms with E-state index in [1.165, 1.54) is 18.1 Å². The lowest BCUT2D eigenvalue weighted by atomic mass is 9.77. The number of nitrogens with zero attached hydrogens (tertiary/aromatic N) is 1. The van der Waals surface area contributed by atoms with E-state index < -0.39 is 24.2 Å². The van der Waals surface area contributed by atoms with E-state index in [0.717, 1.165) is 5.56 Å². The van der Waals surface area contributed by atoms with Crippen molar-refractivity contribution in [3.05, 3.63) is 53.6 Å². The highest BCUT2D eigenvalue weighted by Crippen LogP contribution is 2.47. The Bertz CT molecular complexity index is 852. The smallest absolute Gasteiger partial charge is 0.247 e. The number of benzene rings is 1. The molecule has 0 unspecified atom stereocenters. The number of hydrogen-bond donors (Lipinski definition) is 3. The van der Waals surface area contributed by atoms with Gasteiger partial charge in [-0.1, -0.05) is 31.2 Å². The van der Waals surface area contributed by atoms with E-state index in [2.05, 4.69) is 5.32 Å². The van der Waals surface area contributed by atoms with Crippen LogP contribution in [0.2, 0.25) is 0 Å². The largest absolute Gasteiger partial charge is 0.486 e. The first-order valence-corrected chi connectivity index (χ1v) is 10.5. The number of amides is 2. The van der Waals surface area contributed by atoms with Crippen molar-refractivity contribution in [3.8, 4) is 5.75 Å². The van der Waals surface area contributed by atoms with Gasteiger partial charge in [0.1, 0.15) is 18.0 Å². The molecular formula is C23H30N2O6. The number of ether oxygens (including phenoxy) is 2. The number of fused-ring (bicyclic) bond motifs is 3. The quantitative estimate of drug-likeness (QED) is 0.499.